The number of nitrogens with zero attached hydrogens (tertiary/aromatic N) is 1. The van der Waals surface area contributed by atoms with Gasteiger partial charge < -0.3 is 9.84 Å². The van der Waals surface area contributed by atoms with E-state index in [2.05, 4.69) is 4.98 Å². The van der Waals surface area contributed by atoms with Gasteiger partial charge in [0.2, 0.25) is 5.88 Å². The van der Waals surface area contributed by atoms with Crippen LogP contribution in [0.2, 0.25) is 15.1 Å². The normalized spacial score (nSPS) is 10.5. The molecule has 2 rings (SSSR count). The molecule has 0 saturated heterocycles. The number of pyridine rings is 1. The first-order valence-corrected chi connectivity index (χ1v) is 6.95. The zero-order valence-corrected chi connectivity index (χ0v) is 13.1. The summed E-state index contributed by atoms with van der Waals surface area (Å²) in [5.74, 6) is -0.702. The molecular formula is C14H10Cl3NO3. The van der Waals surface area contributed by atoms with Crippen molar-refractivity contribution in [2.24, 2.45) is 0 Å². The van der Waals surface area contributed by atoms with Gasteiger partial charge in [-0.05, 0) is 23.8 Å². The van der Waals surface area contributed by atoms with E-state index in [1.54, 1.807) is 24.4 Å². The largest absolute Gasteiger partial charge is 0.481 e. The lowest BCUT2D eigenvalue weighted by Gasteiger charge is -2.10. The minimum absolute atomic E-state index is 0.195. The summed E-state index contributed by atoms with van der Waals surface area (Å²) in [6.45, 7) is 0. The number of hydrogen-bond acceptors (Lipinski definition) is 3. The van der Waals surface area contributed by atoms with E-state index in [-0.39, 0.29) is 17.3 Å². The van der Waals surface area contributed by atoms with Gasteiger partial charge in [-0.3, -0.25) is 4.79 Å². The number of aromatic nitrogens is 1. The Morgan fingerprint density at radius 1 is 1.19 bits per heavy atom. The van der Waals surface area contributed by atoms with E-state index < -0.39 is 5.97 Å². The van der Waals surface area contributed by atoms with E-state index >= 15 is 0 Å². The van der Waals surface area contributed by atoms with Crippen LogP contribution in [0.15, 0.2) is 24.4 Å². The molecule has 0 saturated carbocycles. The summed E-state index contributed by atoms with van der Waals surface area (Å²) in [6.07, 6.45) is 1.36. The second-order valence-electron chi connectivity index (χ2n) is 4.22. The first kappa shape index (κ1) is 15.9. The van der Waals surface area contributed by atoms with E-state index in [1.165, 1.54) is 7.11 Å². The molecule has 0 aliphatic carbocycles. The molecular weight excluding hydrogens is 337 g/mol. The highest BCUT2D eigenvalue weighted by Gasteiger charge is 2.13. The molecule has 7 heteroatoms. The van der Waals surface area contributed by atoms with E-state index in [4.69, 9.17) is 44.6 Å². The molecule has 1 heterocycles. The lowest BCUT2D eigenvalue weighted by atomic mass is 10.0. The third-order valence-electron chi connectivity index (χ3n) is 2.78. The van der Waals surface area contributed by atoms with Crippen molar-refractivity contribution in [2.75, 3.05) is 7.11 Å². The number of carboxylic acid groups (broad SMARTS) is 1. The molecule has 0 bridgehead atoms. The van der Waals surface area contributed by atoms with Crippen molar-refractivity contribution in [1.29, 1.82) is 0 Å². The highest BCUT2D eigenvalue weighted by atomic mass is 35.5. The maximum absolute atomic E-state index is 10.9. The predicted molar refractivity (Wildman–Crippen MR) is 82.6 cm³/mol. The molecule has 1 aromatic carbocycles. The number of rotatable bonds is 4. The van der Waals surface area contributed by atoms with Crippen LogP contribution in [-0.4, -0.2) is 23.2 Å². The Morgan fingerprint density at radius 2 is 1.81 bits per heavy atom. The van der Waals surface area contributed by atoms with Crippen molar-refractivity contribution in [2.45, 2.75) is 6.42 Å². The van der Waals surface area contributed by atoms with Crippen LogP contribution >= 0.6 is 34.8 Å². The minimum atomic E-state index is -0.973. The topological polar surface area (TPSA) is 59.4 Å². The second-order valence-corrected chi connectivity index (χ2v) is 5.41. The van der Waals surface area contributed by atoms with E-state index in [0.29, 0.717) is 26.7 Å². The van der Waals surface area contributed by atoms with Crippen LogP contribution in [0, 0.1) is 0 Å². The van der Waals surface area contributed by atoms with Gasteiger partial charge in [-0.2, -0.15) is 0 Å². The maximum Gasteiger partial charge on any atom is 0.308 e. The fourth-order valence-electron chi connectivity index (χ4n) is 1.85. The zero-order chi connectivity index (χ0) is 15.6. The van der Waals surface area contributed by atoms with Crippen molar-refractivity contribution in [3.8, 4) is 17.0 Å². The van der Waals surface area contributed by atoms with Gasteiger partial charge in [0.05, 0.1) is 28.6 Å². The van der Waals surface area contributed by atoms with Crippen molar-refractivity contribution in [3.63, 3.8) is 0 Å². The Balaban J connectivity index is 2.52. The SMILES string of the molecule is COc1ncc(-c2cc(Cl)c(Cl)c(Cl)c2)cc1CC(=O)O. The number of methoxy groups -OCH3 is 1. The quantitative estimate of drug-likeness (QED) is 0.836. The van der Waals surface area contributed by atoms with Crippen LogP contribution in [0.25, 0.3) is 11.1 Å². The lowest BCUT2D eigenvalue weighted by molar-refractivity contribution is -0.136. The van der Waals surface area contributed by atoms with Gasteiger partial charge in [-0.15, -0.1) is 0 Å². The first-order valence-electron chi connectivity index (χ1n) is 5.82. The third kappa shape index (κ3) is 3.59. The third-order valence-corrected chi connectivity index (χ3v) is 3.97. The maximum atomic E-state index is 10.9. The van der Waals surface area contributed by atoms with Crippen LogP contribution in [0.1, 0.15) is 5.56 Å². The monoisotopic (exact) mass is 345 g/mol. The summed E-state index contributed by atoms with van der Waals surface area (Å²) in [5.41, 5.74) is 1.83. The molecule has 0 amide bonds. The number of carboxylic acids is 1. The van der Waals surface area contributed by atoms with Crippen molar-refractivity contribution < 1.29 is 14.6 Å². The van der Waals surface area contributed by atoms with Crippen LogP contribution in [0.3, 0.4) is 0 Å². The van der Waals surface area contributed by atoms with Crippen molar-refractivity contribution in [3.05, 3.63) is 45.0 Å². The van der Waals surface area contributed by atoms with E-state index in [1.807, 2.05) is 0 Å². The average molecular weight is 347 g/mol. The first-order chi connectivity index (χ1) is 9.92. The summed E-state index contributed by atoms with van der Waals surface area (Å²) >= 11 is 17.9. The smallest absolute Gasteiger partial charge is 0.308 e. The minimum Gasteiger partial charge on any atom is -0.481 e. The summed E-state index contributed by atoms with van der Waals surface area (Å²) in [4.78, 5) is 15.0. The number of hydrogen-bond donors (Lipinski definition) is 1. The Bertz CT molecular complexity index is 681. The predicted octanol–water partition coefficient (Wildman–Crippen LogP) is 4.34. The molecule has 2 aromatic rings. The fraction of sp³-hybridized carbons (Fsp3) is 0.143. The molecule has 0 aliphatic rings. The molecule has 0 spiro atoms. The lowest BCUT2D eigenvalue weighted by Crippen LogP contribution is -2.04. The summed E-state index contributed by atoms with van der Waals surface area (Å²) < 4.78 is 5.06. The van der Waals surface area contributed by atoms with Crippen LogP contribution in [0.5, 0.6) is 5.88 Å². The summed E-state index contributed by atoms with van der Waals surface area (Å²) in [6, 6.07) is 4.96. The standard InChI is InChI=1S/C14H10Cl3NO3/c1-21-14-8(5-12(19)20)2-9(6-18-14)7-3-10(15)13(17)11(16)4-7/h2-4,6H,5H2,1H3,(H,19,20). The van der Waals surface area contributed by atoms with Gasteiger partial charge in [0.15, 0.2) is 0 Å². The number of ether oxygens (including phenoxy) is 1. The second kappa shape index (κ2) is 6.52. The Morgan fingerprint density at radius 3 is 2.33 bits per heavy atom. The number of benzene rings is 1. The van der Waals surface area contributed by atoms with E-state index in [9.17, 15) is 4.79 Å². The molecule has 1 aromatic heterocycles. The van der Waals surface area contributed by atoms with Crippen molar-refractivity contribution >= 4 is 40.8 Å². The molecule has 0 aliphatic heterocycles. The molecule has 0 fully saturated rings. The highest BCUT2D eigenvalue weighted by molar-refractivity contribution is 6.48. The van der Waals surface area contributed by atoms with Gasteiger partial charge >= 0.3 is 5.97 Å². The fourth-order valence-corrected chi connectivity index (χ4v) is 2.45. The summed E-state index contributed by atoms with van der Waals surface area (Å²) in [5, 5.41) is 9.83. The molecule has 0 atom stereocenters. The Kier molecular flexibility index (Phi) is 4.93. The van der Waals surface area contributed by atoms with Gasteiger partial charge in [-0.1, -0.05) is 34.8 Å². The van der Waals surface area contributed by atoms with Gasteiger partial charge in [0.25, 0.3) is 0 Å². The molecule has 110 valence electrons. The molecule has 1 N–H and O–H groups in total. The van der Waals surface area contributed by atoms with Crippen LogP contribution in [0.4, 0.5) is 0 Å². The number of halogens is 3. The highest BCUT2D eigenvalue weighted by Crippen LogP contribution is 2.35. The molecule has 21 heavy (non-hydrogen) atoms. The van der Waals surface area contributed by atoms with E-state index in [0.717, 1.165) is 0 Å². The Labute approximate surface area is 136 Å². The molecule has 4 nitrogen and oxygen atoms in total. The van der Waals surface area contributed by atoms with Gasteiger partial charge in [-0.25, -0.2) is 4.98 Å². The van der Waals surface area contributed by atoms with Crippen molar-refractivity contribution in [1.82, 2.24) is 4.98 Å². The molecule has 0 unspecified atom stereocenters. The Hall–Kier alpha value is -1.49. The zero-order valence-electron chi connectivity index (χ0n) is 10.9. The number of aliphatic carboxylic acids is 1. The van der Waals surface area contributed by atoms with Crippen LogP contribution in [-0.2, 0) is 11.2 Å². The molecule has 0 radical (unpaired) electrons. The summed E-state index contributed by atoms with van der Waals surface area (Å²) in [7, 11) is 1.43. The van der Waals surface area contributed by atoms with Gasteiger partial charge in [0.1, 0.15) is 0 Å². The number of carbonyl (C=O) groups is 1. The van der Waals surface area contributed by atoms with Gasteiger partial charge in [0, 0.05) is 17.3 Å². The van der Waals surface area contributed by atoms with Crippen LogP contribution < -0.4 is 4.74 Å². The average Bonchev–Trinajstić information content (AvgIpc) is 2.43.